The first-order chi connectivity index (χ1) is 5.25. The molecule has 1 aromatic rings. The van der Waals surface area contributed by atoms with E-state index in [2.05, 4.69) is 4.89 Å². The van der Waals surface area contributed by atoms with Gasteiger partial charge >= 0.3 is 0 Å². The molecule has 0 spiro atoms. The minimum Gasteiger partial charge on any atom is -0.339 e. The first kappa shape index (κ1) is 7.56. The Hall–Kier alpha value is -1.55. The zero-order valence-corrected chi connectivity index (χ0v) is 5.57. The molecule has 1 radical (unpaired) electrons. The molecule has 0 bridgehead atoms. The van der Waals surface area contributed by atoms with Crippen LogP contribution in [0.2, 0.25) is 0 Å². The average Bonchev–Trinajstić information content (AvgIpc) is 2.04. The number of carbonyl (C=O) groups excluding carboxylic acids is 1. The van der Waals surface area contributed by atoms with Crippen molar-refractivity contribution in [1.82, 2.24) is 5.73 Å². The van der Waals surface area contributed by atoms with Crippen LogP contribution in [0.3, 0.4) is 0 Å². The maximum Gasteiger partial charge on any atom is 0.273 e. The number of hydrogen-bond donors (Lipinski definition) is 1. The molecule has 1 rings (SSSR count). The van der Waals surface area contributed by atoms with Gasteiger partial charge in [0, 0.05) is 0 Å². The first-order valence-electron chi connectivity index (χ1n) is 2.92. The van der Waals surface area contributed by atoms with Gasteiger partial charge in [-0.15, -0.1) is 0 Å². The van der Waals surface area contributed by atoms with E-state index in [1.54, 1.807) is 12.1 Å². The molecule has 0 heterocycles. The van der Waals surface area contributed by atoms with Crippen LogP contribution in [0.4, 0.5) is 0 Å². The van der Waals surface area contributed by atoms with Crippen LogP contribution in [0.25, 0.3) is 0 Å². The number of benzene rings is 1. The van der Waals surface area contributed by atoms with Crippen LogP contribution in [-0.4, -0.2) is 11.2 Å². The molecule has 0 unspecified atom stereocenters. The minimum atomic E-state index is -0.880. The van der Waals surface area contributed by atoms with Crippen LogP contribution >= 0.6 is 0 Å². The van der Waals surface area contributed by atoms with Crippen molar-refractivity contribution in [3.63, 3.8) is 0 Å². The van der Waals surface area contributed by atoms with Crippen molar-refractivity contribution in [1.29, 1.82) is 0 Å². The number of nitrogens with one attached hydrogen (secondary N) is 1. The van der Waals surface area contributed by atoms with Crippen molar-refractivity contribution >= 4 is 5.91 Å². The van der Waals surface area contributed by atoms with Gasteiger partial charge in [0.2, 0.25) is 0 Å². The Balaban J connectivity index is 3.12. The Bertz CT molecular complexity index is 272. The topological polar surface area (TPSA) is 70.3 Å². The van der Waals surface area contributed by atoms with Crippen LogP contribution in [0.5, 0.6) is 5.75 Å². The maximum absolute atomic E-state index is 10.5. The van der Waals surface area contributed by atoms with Crippen molar-refractivity contribution in [2.45, 2.75) is 0 Å². The summed E-state index contributed by atoms with van der Waals surface area (Å²) in [6, 6.07) is 5.99. The lowest BCUT2D eigenvalue weighted by molar-refractivity contribution is -0.137. The summed E-state index contributed by atoms with van der Waals surface area (Å²) in [5.74, 6) is -0.873. The lowest BCUT2D eigenvalue weighted by atomic mass is 10.2. The van der Waals surface area contributed by atoms with Gasteiger partial charge in [0.25, 0.3) is 5.91 Å². The molecule has 0 saturated heterocycles. The lowest BCUT2D eigenvalue weighted by Crippen LogP contribution is -2.01. The van der Waals surface area contributed by atoms with Gasteiger partial charge in [-0.2, -0.15) is 0 Å². The molecular weight excluding hydrogens is 146 g/mol. The molecule has 2 N–H and O–H groups in total. The van der Waals surface area contributed by atoms with E-state index in [9.17, 15) is 4.79 Å². The zero-order chi connectivity index (χ0) is 8.27. The Morgan fingerprint density at radius 2 is 2.09 bits per heavy atom. The van der Waals surface area contributed by atoms with E-state index >= 15 is 0 Å². The Morgan fingerprint density at radius 1 is 1.45 bits per heavy atom. The summed E-state index contributed by atoms with van der Waals surface area (Å²) in [5, 5.41) is 8.23. The molecule has 0 atom stereocenters. The summed E-state index contributed by atoms with van der Waals surface area (Å²) in [6.45, 7) is 0. The summed E-state index contributed by atoms with van der Waals surface area (Å²) in [7, 11) is 0. The average molecular weight is 152 g/mol. The predicted octanol–water partition coefficient (Wildman–Crippen LogP) is 0.962. The highest BCUT2D eigenvalue weighted by Gasteiger charge is 2.07. The van der Waals surface area contributed by atoms with Crippen molar-refractivity contribution in [2.75, 3.05) is 0 Å². The van der Waals surface area contributed by atoms with Crippen molar-refractivity contribution in [3.8, 4) is 5.75 Å². The fourth-order valence-electron chi connectivity index (χ4n) is 0.734. The second-order valence-corrected chi connectivity index (χ2v) is 1.92. The van der Waals surface area contributed by atoms with E-state index in [1.165, 1.54) is 12.1 Å². The van der Waals surface area contributed by atoms with E-state index in [0.29, 0.717) is 0 Å². The fraction of sp³-hybridized carbons (Fsp3) is 0. The Labute approximate surface area is 63.1 Å². The van der Waals surface area contributed by atoms with Gasteiger partial charge < -0.3 is 4.89 Å². The highest BCUT2D eigenvalue weighted by molar-refractivity contribution is 5.94. The third-order valence-corrected chi connectivity index (χ3v) is 1.23. The van der Waals surface area contributed by atoms with Crippen LogP contribution < -0.4 is 10.6 Å². The van der Waals surface area contributed by atoms with Crippen LogP contribution in [0.15, 0.2) is 24.3 Å². The Kier molecular flexibility index (Phi) is 2.08. The quantitative estimate of drug-likeness (QED) is 0.506. The van der Waals surface area contributed by atoms with Gasteiger partial charge in [-0.3, -0.25) is 10.5 Å². The minimum absolute atomic E-state index is 0.00694. The van der Waals surface area contributed by atoms with Crippen molar-refractivity contribution in [3.05, 3.63) is 29.8 Å². The van der Waals surface area contributed by atoms with Gasteiger partial charge in [-0.05, 0) is 12.1 Å². The molecule has 4 nitrogen and oxygen atoms in total. The highest BCUT2D eigenvalue weighted by Crippen LogP contribution is 2.15. The number of rotatable bonds is 2. The molecule has 1 aromatic carbocycles. The molecule has 0 aliphatic rings. The standard InChI is InChI=1S/C7H6NO3/c8-7(9)5-3-1-2-4-6(5)11-10/h1-4,8,10H. The van der Waals surface area contributed by atoms with E-state index < -0.39 is 5.91 Å². The highest BCUT2D eigenvalue weighted by atomic mass is 17.1. The SMILES string of the molecule is [NH]C(=O)c1ccccc1OO. The van der Waals surface area contributed by atoms with E-state index in [0.717, 1.165) is 0 Å². The fourth-order valence-corrected chi connectivity index (χ4v) is 0.734. The zero-order valence-electron chi connectivity index (χ0n) is 5.57. The van der Waals surface area contributed by atoms with Crippen molar-refractivity contribution in [2.24, 2.45) is 0 Å². The molecule has 4 heteroatoms. The summed E-state index contributed by atoms with van der Waals surface area (Å²) in [4.78, 5) is 14.4. The smallest absolute Gasteiger partial charge is 0.273 e. The monoisotopic (exact) mass is 152 g/mol. The largest absolute Gasteiger partial charge is 0.339 e. The molecular formula is C7H6NO3. The van der Waals surface area contributed by atoms with Gasteiger partial charge in [0.1, 0.15) is 0 Å². The van der Waals surface area contributed by atoms with Gasteiger partial charge in [-0.25, -0.2) is 5.26 Å². The number of carbonyl (C=O) groups is 1. The van der Waals surface area contributed by atoms with E-state index in [-0.39, 0.29) is 11.3 Å². The van der Waals surface area contributed by atoms with Crippen LogP contribution in [0, 0.1) is 0 Å². The summed E-state index contributed by atoms with van der Waals surface area (Å²) >= 11 is 0. The molecule has 0 aliphatic heterocycles. The van der Waals surface area contributed by atoms with E-state index in [4.69, 9.17) is 11.0 Å². The van der Waals surface area contributed by atoms with Gasteiger partial charge in [0.15, 0.2) is 5.75 Å². The van der Waals surface area contributed by atoms with Crippen LogP contribution in [-0.2, 0) is 0 Å². The predicted molar refractivity (Wildman–Crippen MR) is 37.1 cm³/mol. The molecule has 1 amide bonds. The number of para-hydroxylation sites is 1. The number of hydrogen-bond acceptors (Lipinski definition) is 3. The molecule has 0 aromatic heterocycles. The van der Waals surface area contributed by atoms with Crippen molar-refractivity contribution < 1.29 is 14.9 Å². The molecule has 57 valence electrons. The third-order valence-electron chi connectivity index (χ3n) is 1.23. The molecule has 0 fully saturated rings. The normalized spacial score (nSPS) is 9.18. The summed E-state index contributed by atoms with van der Waals surface area (Å²) in [5.41, 5.74) is 6.78. The summed E-state index contributed by atoms with van der Waals surface area (Å²) < 4.78 is 0. The Morgan fingerprint density at radius 3 is 2.55 bits per heavy atom. The molecule has 0 aliphatic carbocycles. The first-order valence-corrected chi connectivity index (χ1v) is 2.92. The van der Waals surface area contributed by atoms with Gasteiger partial charge in [-0.1, -0.05) is 12.1 Å². The third kappa shape index (κ3) is 1.47. The maximum atomic E-state index is 10.5. The van der Waals surface area contributed by atoms with Crippen LogP contribution in [0.1, 0.15) is 10.4 Å². The number of amides is 1. The van der Waals surface area contributed by atoms with E-state index in [1.807, 2.05) is 0 Å². The summed E-state index contributed by atoms with van der Waals surface area (Å²) in [6.07, 6.45) is 0. The lowest BCUT2D eigenvalue weighted by Gasteiger charge is -1.99. The molecule has 11 heavy (non-hydrogen) atoms. The van der Waals surface area contributed by atoms with Gasteiger partial charge in [0.05, 0.1) is 5.56 Å². The molecule has 0 saturated carbocycles. The second-order valence-electron chi connectivity index (χ2n) is 1.92. The second kappa shape index (κ2) is 3.03.